The number of rotatable bonds is 9. The summed E-state index contributed by atoms with van der Waals surface area (Å²) in [6.07, 6.45) is 1.69. The van der Waals surface area contributed by atoms with E-state index in [4.69, 9.17) is 14.6 Å². The second-order valence-corrected chi connectivity index (χ2v) is 12.2. The quantitative estimate of drug-likeness (QED) is 0.229. The van der Waals surface area contributed by atoms with Crippen molar-refractivity contribution >= 4 is 40.2 Å². The Kier molecular flexibility index (Phi) is 8.34. The summed E-state index contributed by atoms with van der Waals surface area (Å²) >= 11 is 2.04. The van der Waals surface area contributed by atoms with Gasteiger partial charge in [0.2, 0.25) is 0 Å². The van der Waals surface area contributed by atoms with Gasteiger partial charge < -0.3 is 14.8 Å². The molecule has 5 rings (SSSR count). The Balaban J connectivity index is 1.45. The van der Waals surface area contributed by atoms with Gasteiger partial charge in [-0.25, -0.2) is 9.78 Å². The molecular weight excluding hydrogens is 557 g/mol. The summed E-state index contributed by atoms with van der Waals surface area (Å²) in [5, 5.41) is 9.15. The minimum atomic E-state index is -4.69. The van der Waals surface area contributed by atoms with Crippen LogP contribution in [0.2, 0.25) is 0 Å². The van der Waals surface area contributed by atoms with Crippen LogP contribution >= 0.6 is 11.8 Å². The third kappa shape index (κ3) is 6.86. The summed E-state index contributed by atoms with van der Waals surface area (Å²) < 4.78 is 52.5. The third-order valence-corrected chi connectivity index (χ3v) is 8.79. The molecule has 0 spiro atoms. The van der Waals surface area contributed by atoms with Crippen LogP contribution in [-0.2, 0) is 26.0 Å². The van der Waals surface area contributed by atoms with E-state index in [1.54, 1.807) is 32.9 Å². The fourth-order valence-electron chi connectivity index (χ4n) is 5.37. The number of amides is 1. The summed E-state index contributed by atoms with van der Waals surface area (Å²) in [5.74, 6) is 0.699. The van der Waals surface area contributed by atoms with Crippen LogP contribution in [0.1, 0.15) is 74.2 Å². The summed E-state index contributed by atoms with van der Waals surface area (Å²) in [6.45, 7) is 5.05. The number of halogens is 3. The molecule has 3 heterocycles. The lowest BCUT2D eigenvalue weighted by Crippen LogP contribution is -2.28. The van der Waals surface area contributed by atoms with Crippen molar-refractivity contribution < 1.29 is 32.2 Å². The fourth-order valence-corrected chi connectivity index (χ4v) is 6.30. The number of ether oxygens (including phenoxy) is 2. The van der Waals surface area contributed by atoms with Gasteiger partial charge in [0.25, 0.3) is 5.91 Å². The molecule has 2 aliphatic rings. The van der Waals surface area contributed by atoms with Crippen LogP contribution in [0.3, 0.4) is 0 Å². The minimum absolute atomic E-state index is 0.207. The Morgan fingerprint density at radius 2 is 1.88 bits per heavy atom. The number of fused-ring (bicyclic) bond motifs is 1. The number of nitrogens with one attached hydrogen (secondary N) is 1. The van der Waals surface area contributed by atoms with Crippen molar-refractivity contribution in [3.63, 3.8) is 0 Å². The first kappa shape index (κ1) is 29.4. The zero-order chi connectivity index (χ0) is 29.4. The van der Waals surface area contributed by atoms with Gasteiger partial charge in [0, 0.05) is 33.8 Å². The summed E-state index contributed by atoms with van der Waals surface area (Å²) in [5.41, 5.74) is -1.11. The van der Waals surface area contributed by atoms with E-state index in [9.17, 15) is 22.8 Å². The van der Waals surface area contributed by atoms with Crippen LogP contribution in [0.15, 0.2) is 36.5 Å². The molecule has 1 atom stereocenters. The van der Waals surface area contributed by atoms with Gasteiger partial charge in [-0.2, -0.15) is 30.0 Å². The first-order valence-electron chi connectivity index (χ1n) is 13.7. The van der Waals surface area contributed by atoms with Crippen molar-refractivity contribution in [1.82, 2.24) is 14.8 Å². The molecule has 2 fully saturated rings. The number of benzene rings is 1. The number of hydrogen-bond acceptors (Lipinski definition) is 7. The molecule has 1 saturated carbocycles. The SMILES string of the molecule is CCOC(=O)COC(C)(C)c1cc2nn(C3CCC(C4CS4)CC3)cc2cc1NC(=O)c1cccc(C(F)(F)F)n1. The molecule has 2 aromatic heterocycles. The van der Waals surface area contributed by atoms with E-state index in [1.165, 1.54) is 24.7 Å². The number of thioether (sulfide) groups is 1. The average Bonchev–Trinajstić information content (AvgIpc) is 3.70. The van der Waals surface area contributed by atoms with E-state index < -0.39 is 29.3 Å². The fraction of sp³-hybridized carbons (Fsp3) is 0.517. The second kappa shape index (κ2) is 11.6. The second-order valence-electron chi connectivity index (χ2n) is 11.0. The molecule has 1 amide bonds. The molecule has 1 aromatic carbocycles. The lowest BCUT2D eigenvalue weighted by molar-refractivity contribution is -0.154. The Morgan fingerprint density at radius 3 is 2.54 bits per heavy atom. The molecular formula is C29H33F3N4O4S. The predicted molar refractivity (Wildman–Crippen MR) is 150 cm³/mol. The smallest absolute Gasteiger partial charge is 0.433 e. The summed E-state index contributed by atoms with van der Waals surface area (Å²) in [6, 6.07) is 6.97. The molecule has 3 aromatic rings. The molecule has 1 aliphatic heterocycles. The highest BCUT2D eigenvalue weighted by Gasteiger charge is 2.36. The Hall–Kier alpha value is -3.12. The standard InChI is InChI=1S/C29H33F3N4O4S/c1-4-39-26(37)15-40-28(2,3)20-13-22-18(14-36(35-22)19-10-8-17(9-11-19)24-16-41-24)12-23(20)34-27(38)21-6-5-7-25(33-21)29(30,31)32/h5-7,12-14,17,19,24H,4,8-11,15-16H2,1-3H3,(H,34,38). The molecule has 1 saturated heterocycles. The van der Waals surface area contributed by atoms with Crippen LogP contribution in [0.4, 0.5) is 18.9 Å². The lowest BCUT2D eigenvalue weighted by atomic mass is 9.84. The van der Waals surface area contributed by atoms with Gasteiger partial charge in [-0.1, -0.05) is 6.07 Å². The molecule has 12 heteroatoms. The van der Waals surface area contributed by atoms with Gasteiger partial charge in [-0.3, -0.25) is 9.48 Å². The summed E-state index contributed by atoms with van der Waals surface area (Å²) in [4.78, 5) is 28.6. The van der Waals surface area contributed by atoms with Crippen molar-refractivity contribution in [1.29, 1.82) is 0 Å². The normalized spacial score (nSPS) is 21.1. The molecule has 0 radical (unpaired) electrons. The van der Waals surface area contributed by atoms with Crippen LogP contribution < -0.4 is 5.32 Å². The molecule has 1 unspecified atom stereocenters. The largest absolute Gasteiger partial charge is 0.464 e. The number of anilines is 1. The number of carbonyl (C=O) groups excluding carboxylic acids is 2. The van der Waals surface area contributed by atoms with Gasteiger partial charge in [-0.15, -0.1) is 0 Å². The Labute approximate surface area is 240 Å². The van der Waals surface area contributed by atoms with Crippen molar-refractivity contribution in [3.05, 3.63) is 53.5 Å². The van der Waals surface area contributed by atoms with E-state index in [2.05, 4.69) is 10.3 Å². The maximum atomic E-state index is 13.2. The van der Waals surface area contributed by atoms with Gasteiger partial charge in [0.15, 0.2) is 0 Å². The highest BCUT2D eigenvalue weighted by molar-refractivity contribution is 8.06. The number of hydrogen-bond donors (Lipinski definition) is 1. The Bertz CT molecular complexity index is 1430. The lowest BCUT2D eigenvalue weighted by Gasteiger charge is -2.28. The third-order valence-electron chi connectivity index (χ3n) is 7.69. The molecule has 0 bridgehead atoms. The number of pyridine rings is 1. The minimum Gasteiger partial charge on any atom is -0.464 e. The molecule has 1 aliphatic carbocycles. The van der Waals surface area contributed by atoms with E-state index in [1.807, 2.05) is 22.6 Å². The Morgan fingerprint density at radius 1 is 1.15 bits per heavy atom. The number of nitrogens with zero attached hydrogens (tertiary/aromatic N) is 3. The number of aromatic nitrogens is 3. The monoisotopic (exact) mass is 590 g/mol. The maximum absolute atomic E-state index is 13.2. The van der Waals surface area contributed by atoms with E-state index in [0.29, 0.717) is 16.8 Å². The topological polar surface area (TPSA) is 95.3 Å². The maximum Gasteiger partial charge on any atom is 0.433 e. The van der Waals surface area contributed by atoms with E-state index in [-0.39, 0.29) is 24.9 Å². The molecule has 1 N–H and O–H groups in total. The zero-order valence-corrected chi connectivity index (χ0v) is 24.0. The molecule has 220 valence electrons. The predicted octanol–water partition coefficient (Wildman–Crippen LogP) is 6.36. The highest BCUT2D eigenvalue weighted by Crippen LogP contribution is 2.45. The van der Waals surface area contributed by atoms with Crippen LogP contribution in [0.25, 0.3) is 10.9 Å². The van der Waals surface area contributed by atoms with E-state index in [0.717, 1.165) is 41.5 Å². The van der Waals surface area contributed by atoms with Crippen molar-refractivity contribution in [3.8, 4) is 0 Å². The molecule has 8 nitrogen and oxygen atoms in total. The summed E-state index contributed by atoms with van der Waals surface area (Å²) in [7, 11) is 0. The van der Waals surface area contributed by atoms with Gasteiger partial charge in [0.05, 0.1) is 23.8 Å². The van der Waals surface area contributed by atoms with Crippen LogP contribution in [0.5, 0.6) is 0 Å². The highest BCUT2D eigenvalue weighted by atomic mass is 32.2. The van der Waals surface area contributed by atoms with Crippen LogP contribution in [-0.4, -0.2) is 50.9 Å². The van der Waals surface area contributed by atoms with Gasteiger partial charge in [-0.05, 0) is 76.6 Å². The first-order chi connectivity index (χ1) is 19.4. The van der Waals surface area contributed by atoms with Gasteiger partial charge in [0.1, 0.15) is 18.0 Å². The number of esters is 1. The zero-order valence-electron chi connectivity index (χ0n) is 23.2. The van der Waals surface area contributed by atoms with Crippen molar-refractivity contribution in [2.45, 2.75) is 69.5 Å². The number of alkyl halides is 3. The average molecular weight is 591 g/mol. The van der Waals surface area contributed by atoms with Crippen molar-refractivity contribution in [2.24, 2.45) is 5.92 Å². The van der Waals surface area contributed by atoms with Crippen molar-refractivity contribution in [2.75, 3.05) is 24.3 Å². The first-order valence-corrected chi connectivity index (χ1v) is 14.8. The molecule has 41 heavy (non-hydrogen) atoms. The van der Waals surface area contributed by atoms with Crippen LogP contribution in [0, 0.1) is 5.92 Å². The van der Waals surface area contributed by atoms with Gasteiger partial charge >= 0.3 is 12.1 Å². The number of carbonyl (C=O) groups is 2. The van der Waals surface area contributed by atoms with E-state index >= 15 is 0 Å².